The molecule has 0 radical (unpaired) electrons. The highest BCUT2D eigenvalue weighted by Gasteiger charge is 2.27. The molecule has 5 heteroatoms. The zero-order valence-corrected chi connectivity index (χ0v) is 13.1. The summed E-state index contributed by atoms with van der Waals surface area (Å²) in [5.74, 6) is 0. The van der Waals surface area contributed by atoms with Crippen LogP contribution in [0.3, 0.4) is 0 Å². The van der Waals surface area contributed by atoms with Gasteiger partial charge in [-0.15, -0.1) is 0 Å². The van der Waals surface area contributed by atoms with Gasteiger partial charge < -0.3 is 9.64 Å². The van der Waals surface area contributed by atoms with Crippen LogP contribution in [0, 0.1) is 0 Å². The van der Waals surface area contributed by atoms with Crippen LogP contribution in [0.25, 0.3) is 0 Å². The van der Waals surface area contributed by atoms with Crippen molar-refractivity contribution in [1.29, 1.82) is 0 Å². The molecule has 1 aliphatic heterocycles. The smallest absolute Gasteiger partial charge is 0.410 e. The van der Waals surface area contributed by atoms with E-state index in [-0.39, 0.29) is 11.7 Å². The molecule has 5 nitrogen and oxygen atoms in total. The average Bonchev–Trinajstić information content (AvgIpc) is 2.23. The molecule has 0 unspecified atom stereocenters. The van der Waals surface area contributed by atoms with E-state index in [0.29, 0.717) is 19.1 Å². The summed E-state index contributed by atoms with van der Waals surface area (Å²) >= 11 is 0. The summed E-state index contributed by atoms with van der Waals surface area (Å²) in [6.07, 6.45) is 1.55. The van der Waals surface area contributed by atoms with Crippen molar-refractivity contribution in [2.75, 3.05) is 13.1 Å². The molecular formula is C14H28N2O3. The third-order valence-corrected chi connectivity index (χ3v) is 2.68. The largest absolute Gasteiger partial charge is 0.444 e. The van der Waals surface area contributed by atoms with Crippen molar-refractivity contribution in [3.8, 4) is 0 Å². The number of ether oxygens (including phenoxy) is 1. The molecule has 0 bridgehead atoms. The van der Waals surface area contributed by atoms with Gasteiger partial charge in [-0.1, -0.05) is 0 Å². The van der Waals surface area contributed by atoms with E-state index in [1.807, 2.05) is 41.5 Å². The fourth-order valence-corrected chi connectivity index (χ4v) is 1.77. The van der Waals surface area contributed by atoms with Crippen LogP contribution >= 0.6 is 0 Å². The molecule has 112 valence electrons. The first kappa shape index (κ1) is 16.2. The normalized spacial score (nSPS) is 18.5. The molecule has 1 rings (SSSR count). The summed E-state index contributed by atoms with van der Waals surface area (Å²) in [4.78, 5) is 19.2. The molecule has 1 amide bonds. The number of likely N-dealkylation sites (tertiary alicyclic amines) is 1. The Labute approximate surface area is 116 Å². The van der Waals surface area contributed by atoms with E-state index in [0.717, 1.165) is 12.8 Å². The van der Waals surface area contributed by atoms with Crippen LogP contribution in [0.5, 0.6) is 0 Å². The number of carbonyl (C=O) groups is 1. The second-order valence-electron chi connectivity index (χ2n) is 7.07. The minimum absolute atomic E-state index is 0.192. The maximum atomic E-state index is 11.9. The highest BCUT2D eigenvalue weighted by atomic mass is 16.7. The average molecular weight is 272 g/mol. The maximum Gasteiger partial charge on any atom is 0.410 e. The van der Waals surface area contributed by atoms with Crippen LogP contribution in [0.2, 0.25) is 0 Å². The molecule has 1 heterocycles. The van der Waals surface area contributed by atoms with Gasteiger partial charge in [0.15, 0.2) is 0 Å². The van der Waals surface area contributed by atoms with Crippen molar-refractivity contribution < 1.29 is 14.4 Å². The van der Waals surface area contributed by atoms with Crippen molar-refractivity contribution in [1.82, 2.24) is 10.4 Å². The first-order valence-electron chi connectivity index (χ1n) is 6.98. The van der Waals surface area contributed by atoms with Crippen LogP contribution in [0.15, 0.2) is 0 Å². The topological polar surface area (TPSA) is 50.8 Å². The lowest BCUT2D eigenvalue weighted by atomic mass is 10.1. The minimum atomic E-state index is -0.429. The molecule has 0 saturated carbocycles. The van der Waals surface area contributed by atoms with E-state index in [9.17, 15) is 4.79 Å². The zero-order valence-electron chi connectivity index (χ0n) is 13.1. The van der Waals surface area contributed by atoms with Crippen LogP contribution < -0.4 is 5.48 Å². The van der Waals surface area contributed by atoms with Gasteiger partial charge in [0.2, 0.25) is 0 Å². The molecule has 1 fully saturated rings. The number of piperidine rings is 1. The van der Waals surface area contributed by atoms with Gasteiger partial charge in [0.1, 0.15) is 5.60 Å². The Morgan fingerprint density at radius 2 is 1.58 bits per heavy atom. The third kappa shape index (κ3) is 6.78. The number of carbonyl (C=O) groups excluding carboxylic acids is 1. The van der Waals surface area contributed by atoms with Gasteiger partial charge in [0, 0.05) is 19.1 Å². The molecule has 1 aliphatic rings. The molecule has 0 aliphatic carbocycles. The lowest BCUT2D eigenvalue weighted by Crippen LogP contribution is -2.47. The Morgan fingerprint density at radius 1 is 1.05 bits per heavy atom. The van der Waals surface area contributed by atoms with Crippen molar-refractivity contribution >= 4 is 6.09 Å². The molecule has 1 saturated heterocycles. The van der Waals surface area contributed by atoms with Crippen molar-refractivity contribution in [3.63, 3.8) is 0 Å². The van der Waals surface area contributed by atoms with E-state index in [2.05, 4.69) is 5.48 Å². The van der Waals surface area contributed by atoms with Gasteiger partial charge in [0.05, 0.1) is 5.60 Å². The first-order valence-corrected chi connectivity index (χ1v) is 6.98. The van der Waals surface area contributed by atoms with E-state index in [1.54, 1.807) is 4.90 Å². The Hall–Kier alpha value is -0.810. The Kier molecular flexibility index (Phi) is 5.21. The Balaban J connectivity index is 2.31. The minimum Gasteiger partial charge on any atom is -0.444 e. The fourth-order valence-electron chi connectivity index (χ4n) is 1.77. The number of amides is 1. The van der Waals surface area contributed by atoms with Gasteiger partial charge in [-0.2, -0.15) is 5.48 Å². The Morgan fingerprint density at radius 3 is 2.00 bits per heavy atom. The number of nitrogens with zero attached hydrogens (tertiary/aromatic N) is 1. The molecule has 0 aromatic carbocycles. The Bertz CT molecular complexity index is 297. The van der Waals surface area contributed by atoms with Crippen LogP contribution in [-0.2, 0) is 9.57 Å². The number of hydrogen-bond acceptors (Lipinski definition) is 4. The van der Waals surface area contributed by atoms with E-state index in [4.69, 9.17) is 9.57 Å². The van der Waals surface area contributed by atoms with Crippen molar-refractivity contribution in [3.05, 3.63) is 0 Å². The molecule has 0 aromatic heterocycles. The van der Waals surface area contributed by atoms with Gasteiger partial charge in [-0.25, -0.2) is 4.79 Å². The number of nitrogens with one attached hydrogen (secondary N) is 1. The van der Waals surface area contributed by atoms with Gasteiger partial charge in [0.25, 0.3) is 0 Å². The molecule has 1 N–H and O–H groups in total. The van der Waals surface area contributed by atoms with Gasteiger partial charge in [-0.05, 0) is 54.4 Å². The molecule has 0 aromatic rings. The first-order chi connectivity index (χ1) is 8.57. The highest BCUT2D eigenvalue weighted by Crippen LogP contribution is 2.16. The van der Waals surface area contributed by atoms with Crippen LogP contribution in [0.4, 0.5) is 4.79 Å². The molecular weight excluding hydrogens is 244 g/mol. The number of hydrogen-bond donors (Lipinski definition) is 1. The zero-order chi connectivity index (χ0) is 14.7. The molecule has 0 atom stereocenters. The predicted molar refractivity (Wildman–Crippen MR) is 74.8 cm³/mol. The molecule has 19 heavy (non-hydrogen) atoms. The standard InChI is InChI=1S/C14H28N2O3/c1-13(2,3)18-12(17)16-9-7-11(8-10-16)15-19-14(4,5)6/h11,15H,7-10H2,1-6H3. The summed E-state index contributed by atoms with van der Waals surface area (Å²) < 4.78 is 5.36. The van der Waals surface area contributed by atoms with E-state index in [1.165, 1.54) is 0 Å². The van der Waals surface area contributed by atoms with Crippen LogP contribution in [-0.4, -0.2) is 41.3 Å². The maximum absolute atomic E-state index is 11.9. The summed E-state index contributed by atoms with van der Waals surface area (Å²) in [5, 5.41) is 0. The predicted octanol–water partition coefficient (Wildman–Crippen LogP) is 2.71. The van der Waals surface area contributed by atoms with Gasteiger partial charge >= 0.3 is 6.09 Å². The van der Waals surface area contributed by atoms with E-state index >= 15 is 0 Å². The number of hydroxylamine groups is 1. The van der Waals surface area contributed by atoms with Crippen molar-refractivity contribution in [2.24, 2.45) is 0 Å². The van der Waals surface area contributed by atoms with Crippen molar-refractivity contribution in [2.45, 2.75) is 71.6 Å². The lowest BCUT2D eigenvalue weighted by Gasteiger charge is -2.34. The summed E-state index contributed by atoms with van der Waals surface area (Å²) in [6.45, 7) is 13.1. The SMILES string of the molecule is CC(C)(C)ONC1CCN(C(=O)OC(C)(C)C)CC1. The molecule has 0 spiro atoms. The summed E-state index contributed by atoms with van der Waals surface area (Å²) in [7, 11) is 0. The van der Waals surface area contributed by atoms with E-state index < -0.39 is 5.60 Å². The fraction of sp³-hybridized carbons (Fsp3) is 0.929. The summed E-state index contributed by atoms with van der Waals surface area (Å²) in [5.41, 5.74) is 2.47. The lowest BCUT2D eigenvalue weighted by molar-refractivity contribution is -0.0953. The highest BCUT2D eigenvalue weighted by molar-refractivity contribution is 5.68. The quantitative estimate of drug-likeness (QED) is 0.785. The van der Waals surface area contributed by atoms with Gasteiger partial charge in [-0.3, -0.25) is 4.84 Å². The monoisotopic (exact) mass is 272 g/mol. The van der Waals surface area contributed by atoms with Crippen LogP contribution in [0.1, 0.15) is 54.4 Å². The second-order valence-corrected chi connectivity index (χ2v) is 7.07. The number of rotatable bonds is 2. The summed E-state index contributed by atoms with van der Waals surface area (Å²) in [6, 6.07) is 0.304. The second kappa shape index (κ2) is 6.09. The third-order valence-electron chi connectivity index (χ3n) is 2.68.